The number of carbonyl (C=O) groups excluding carboxylic acids is 3. The molecule has 0 saturated heterocycles. The van der Waals surface area contributed by atoms with Crippen molar-refractivity contribution in [1.29, 1.82) is 0 Å². The highest BCUT2D eigenvalue weighted by molar-refractivity contribution is 5.95. The van der Waals surface area contributed by atoms with Gasteiger partial charge in [0.05, 0.1) is 18.8 Å². The van der Waals surface area contributed by atoms with Gasteiger partial charge in [-0.25, -0.2) is 14.0 Å². The molecule has 0 aliphatic carbocycles. The van der Waals surface area contributed by atoms with Crippen LogP contribution in [0.5, 0.6) is 11.5 Å². The van der Waals surface area contributed by atoms with Gasteiger partial charge in [0.2, 0.25) is 0 Å². The lowest BCUT2D eigenvalue weighted by molar-refractivity contribution is -0.167. The molecule has 32 heavy (non-hydrogen) atoms. The van der Waals surface area contributed by atoms with E-state index in [-0.39, 0.29) is 30.2 Å². The summed E-state index contributed by atoms with van der Waals surface area (Å²) in [4.78, 5) is 37.4. The zero-order chi connectivity index (χ0) is 23.6. The minimum absolute atomic E-state index is 0.00858. The van der Waals surface area contributed by atoms with Gasteiger partial charge >= 0.3 is 24.3 Å². The van der Waals surface area contributed by atoms with E-state index in [9.17, 15) is 31.9 Å². The van der Waals surface area contributed by atoms with E-state index in [4.69, 9.17) is 9.47 Å². The molecule has 2 aromatic rings. The Balaban J connectivity index is 1.75. The van der Waals surface area contributed by atoms with Gasteiger partial charge in [-0.15, -0.1) is 0 Å². The molecule has 12 heteroatoms. The molecule has 0 atom stereocenters. The summed E-state index contributed by atoms with van der Waals surface area (Å²) in [6, 6.07) is 7.90. The second-order valence-corrected chi connectivity index (χ2v) is 6.99. The first-order chi connectivity index (χ1) is 15.0. The number of halogens is 4. The Labute approximate surface area is 179 Å². The van der Waals surface area contributed by atoms with E-state index < -0.39 is 35.8 Å². The molecule has 1 N–H and O–H groups in total. The Bertz CT molecular complexity index is 1070. The first-order valence-electron chi connectivity index (χ1n) is 9.10. The molecule has 0 saturated carbocycles. The number of nitrogens with one attached hydrogen (secondary N) is 1. The SMILES string of the molecule is CN(C)C(=O)Oc1ccc2c(c1)OC(=O)N(Cc1cccc(NC(=O)C(F)(F)F)c1F)C2. The van der Waals surface area contributed by atoms with Crippen molar-refractivity contribution >= 4 is 23.8 Å². The third kappa shape index (κ3) is 5.07. The number of carbonyl (C=O) groups is 3. The van der Waals surface area contributed by atoms with Crippen molar-refractivity contribution < 1.29 is 41.4 Å². The maximum atomic E-state index is 14.6. The van der Waals surface area contributed by atoms with Crippen molar-refractivity contribution in [3.05, 3.63) is 53.3 Å². The van der Waals surface area contributed by atoms with Gasteiger partial charge in [-0.3, -0.25) is 9.69 Å². The molecule has 1 aliphatic rings. The van der Waals surface area contributed by atoms with E-state index in [1.165, 1.54) is 48.6 Å². The van der Waals surface area contributed by atoms with E-state index >= 15 is 0 Å². The minimum Gasteiger partial charge on any atom is -0.410 e. The van der Waals surface area contributed by atoms with Crippen molar-refractivity contribution in [2.24, 2.45) is 0 Å². The Kier molecular flexibility index (Phi) is 6.23. The Hall–Kier alpha value is -3.83. The van der Waals surface area contributed by atoms with Crippen LogP contribution in [0.3, 0.4) is 0 Å². The van der Waals surface area contributed by atoms with Crippen LogP contribution >= 0.6 is 0 Å². The highest BCUT2D eigenvalue weighted by Gasteiger charge is 2.39. The molecule has 0 aromatic heterocycles. The Morgan fingerprint density at radius 2 is 1.94 bits per heavy atom. The second kappa shape index (κ2) is 8.73. The summed E-state index contributed by atoms with van der Waals surface area (Å²) in [6.45, 7) is -0.314. The Morgan fingerprint density at radius 1 is 1.22 bits per heavy atom. The summed E-state index contributed by atoms with van der Waals surface area (Å²) in [5.74, 6) is -3.11. The summed E-state index contributed by atoms with van der Waals surface area (Å²) in [7, 11) is 3.00. The lowest BCUT2D eigenvalue weighted by atomic mass is 10.1. The van der Waals surface area contributed by atoms with Crippen molar-refractivity contribution in [3.63, 3.8) is 0 Å². The number of hydrogen-bond donors (Lipinski definition) is 1. The molecule has 0 unspecified atom stereocenters. The predicted octanol–water partition coefficient (Wildman–Crippen LogP) is 3.90. The number of alkyl halides is 3. The predicted molar refractivity (Wildman–Crippen MR) is 103 cm³/mol. The maximum Gasteiger partial charge on any atom is 0.471 e. The summed E-state index contributed by atoms with van der Waals surface area (Å²) in [5.41, 5.74) is -0.249. The van der Waals surface area contributed by atoms with Gasteiger partial charge in [-0.1, -0.05) is 12.1 Å². The van der Waals surface area contributed by atoms with E-state index in [1.54, 1.807) is 6.07 Å². The fourth-order valence-electron chi connectivity index (χ4n) is 2.76. The summed E-state index contributed by atoms with van der Waals surface area (Å²) < 4.78 is 62.3. The van der Waals surface area contributed by atoms with Crippen molar-refractivity contribution in [2.45, 2.75) is 19.3 Å². The van der Waals surface area contributed by atoms with Gasteiger partial charge in [0.15, 0.2) is 5.82 Å². The number of rotatable bonds is 4. The van der Waals surface area contributed by atoms with Crippen LogP contribution in [0.1, 0.15) is 11.1 Å². The van der Waals surface area contributed by atoms with Gasteiger partial charge in [0.25, 0.3) is 0 Å². The van der Waals surface area contributed by atoms with Crippen LogP contribution in [0.15, 0.2) is 36.4 Å². The molecular weight excluding hydrogens is 438 g/mol. The lowest BCUT2D eigenvalue weighted by Gasteiger charge is -2.28. The highest BCUT2D eigenvalue weighted by atomic mass is 19.4. The molecule has 0 spiro atoms. The first-order valence-corrected chi connectivity index (χ1v) is 9.10. The van der Waals surface area contributed by atoms with E-state index in [1.807, 2.05) is 0 Å². The van der Waals surface area contributed by atoms with Gasteiger partial charge in [-0.2, -0.15) is 13.2 Å². The largest absolute Gasteiger partial charge is 0.471 e. The van der Waals surface area contributed by atoms with Gasteiger partial charge in [-0.05, 0) is 18.2 Å². The zero-order valence-corrected chi connectivity index (χ0v) is 16.8. The average molecular weight is 455 g/mol. The third-order valence-electron chi connectivity index (χ3n) is 4.37. The molecule has 1 heterocycles. The van der Waals surface area contributed by atoms with E-state index in [0.29, 0.717) is 5.56 Å². The monoisotopic (exact) mass is 455 g/mol. The number of benzene rings is 2. The normalized spacial score (nSPS) is 13.2. The lowest BCUT2D eigenvalue weighted by Crippen LogP contribution is -2.36. The number of fused-ring (bicyclic) bond motifs is 1. The molecule has 170 valence electrons. The molecule has 8 nitrogen and oxygen atoms in total. The van der Waals surface area contributed by atoms with Crippen LogP contribution in [0, 0.1) is 5.82 Å². The molecule has 3 rings (SSSR count). The van der Waals surface area contributed by atoms with Crippen LogP contribution in [0.4, 0.5) is 32.8 Å². The standard InChI is InChI=1S/C20H17F4N3O5/c1-26(2)18(29)31-13-7-6-11-9-27(19(30)32-15(11)8-13)10-12-4-3-5-14(16(12)21)25-17(28)20(22,23)24/h3-8H,9-10H2,1-2H3,(H,25,28). The van der Waals surface area contributed by atoms with E-state index in [2.05, 4.69) is 0 Å². The molecule has 0 bridgehead atoms. The van der Waals surface area contributed by atoms with Crippen molar-refractivity contribution in [1.82, 2.24) is 9.80 Å². The fourth-order valence-corrected chi connectivity index (χ4v) is 2.76. The van der Waals surface area contributed by atoms with Crippen molar-refractivity contribution in [2.75, 3.05) is 19.4 Å². The third-order valence-corrected chi connectivity index (χ3v) is 4.37. The van der Waals surface area contributed by atoms with Crippen LogP contribution in [0.25, 0.3) is 0 Å². The van der Waals surface area contributed by atoms with Gasteiger partial charge < -0.3 is 19.7 Å². The molecule has 1 aliphatic heterocycles. The number of hydrogen-bond acceptors (Lipinski definition) is 5. The van der Waals surface area contributed by atoms with Gasteiger partial charge in [0.1, 0.15) is 11.5 Å². The zero-order valence-electron chi connectivity index (χ0n) is 16.8. The molecule has 2 aromatic carbocycles. The quantitative estimate of drug-likeness (QED) is 0.707. The van der Waals surface area contributed by atoms with E-state index in [0.717, 1.165) is 11.0 Å². The van der Waals surface area contributed by atoms with Crippen LogP contribution in [-0.2, 0) is 17.9 Å². The maximum absolute atomic E-state index is 14.6. The molecule has 0 fully saturated rings. The number of amides is 3. The first kappa shape index (κ1) is 22.8. The number of ether oxygens (including phenoxy) is 2. The molecule has 3 amide bonds. The molecule has 0 radical (unpaired) electrons. The summed E-state index contributed by atoms with van der Waals surface area (Å²) in [5, 5.41) is 1.47. The smallest absolute Gasteiger partial charge is 0.410 e. The molecular formula is C20H17F4N3O5. The Morgan fingerprint density at radius 3 is 2.59 bits per heavy atom. The topological polar surface area (TPSA) is 88.2 Å². The summed E-state index contributed by atoms with van der Waals surface area (Å²) in [6.07, 6.45) is -6.64. The number of nitrogens with zero attached hydrogens (tertiary/aromatic N) is 2. The minimum atomic E-state index is -5.18. The average Bonchev–Trinajstić information content (AvgIpc) is 2.70. The van der Waals surface area contributed by atoms with Crippen LogP contribution < -0.4 is 14.8 Å². The second-order valence-electron chi connectivity index (χ2n) is 6.99. The van der Waals surface area contributed by atoms with Crippen LogP contribution in [-0.4, -0.2) is 48.2 Å². The van der Waals surface area contributed by atoms with Gasteiger partial charge in [0, 0.05) is 31.3 Å². The summed E-state index contributed by atoms with van der Waals surface area (Å²) >= 11 is 0. The fraction of sp³-hybridized carbons (Fsp3) is 0.250. The van der Waals surface area contributed by atoms with Crippen LogP contribution in [0.2, 0.25) is 0 Å². The number of anilines is 1. The highest BCUT2D eigenvalue weighted by Crippen LogP contribution is 2.32. The van der Waals surface area contributed by atoms with Crippen molar-refractivity contribution in [3.8, 4) is 11.5 Å².